The Hall–Kier alpha value is -1.82. The summed E-state index contributed by atoms with van der Waals surface area (Å²) in [7, 11) is 0. The van der Waals surface area contributed by atoms with Gasteiger partial charge in [0.05, 0.1) is 0 Å². The summed E-state index contributed by atoms with van der Waals surface area (Å²) in [6, 6.07) is 1.57. The Morgan fingerprint density at radius 3 is 2.80 bits per heavy atom. The van der Waals surface area contributed by atoms with Crippen molar-refractivity contribution in [3.8, 4) is 0 Å². The van der Waals surface area contributed by atoms with E-state index in [0.29, 0.717) is 17.7 Å². The summed E-state index contributed by atoms with van der Waals surface area (Å²) < 4.78 is -0.0558. The van der Waals surface area contributed by atoms with Gasteiger partial charge in [-0.3, -0.25) is 9.78 Å². The molecule has 1 aromatic heterocycles. The highest BCUT2D eigenvalue weighted by molar-refractivity contribution is 7.99. The van der Waals surface area contributed by atoms with Crippen molar-refractivity contribution in [2.45, 2.75) is 18.6 Å². The fourth-order valence-corrected chi connectivity index (χ4v) is 1.58. The molecule has 0 spiro atoms. The van der Waals surface area contributed by atoms with E-state index in [1.54, 1.807) is 17.8 Å². The number of hydrogen-bond donors (Lipinski definition) is 2. The molecule has 0 radical (unpaired) electrons. The molecule has 1 rings (SSSR count). The van der Waals surface area contributed by atoms with Crippen molar-refractivity contribution < 1.29 is 14.7 Å². The number of hydrogen-bond acceptors (Lipinski definition) is 4. The molecular weight excluding hydrogens is 276 g/mol. The van der Waals surface area contributed by atoms with Gasteiger partial charge in [0.25, 0.3) is 5.91 Å². The van der Waals surface area contributed by atoms with E-state index in [4.69, 9.17) is 5.11 Å². The molecular formula is C14H18N2O3S. The van der Waals surface area contributed by atoms with Crippen LogP contribution in [0.25, 0.3) is 6.08 Å². The maximum absolute atomic E-state index is 12.1. The summed E-state index contributed by atoms with van der Waals surface area (Å²) >= 11 is 1.66. The van der Waals surface area contributed by atoms with Crippen LogP contribution >= 0.6 is 11.8 Å². The lowest BCUT2D eigenvalue weighted by molar-refractivity contribution is -0.131. The van der Waals surface area contributed by atoms with Crippen molar-refractivity contribution in [2.24, 2.45) is 0 Å². The smallest absolute Gasteiger partial charge is 0.328 e. The molecule has 2 N–H and O–H groups in total. The summed E-state index contributed by atoms with van der Waals surface area (Å²) in [5.41, 5.74) is 0.892. The molecule has 0 atom stereocenters. The monoisotopic (exact) mass is 294 g/mol. The van der Waals surface area contributed by atoms with Gasteiger partial charge in [-0.1, -0.05) is 0 Å². The Morgan fingerprint density at radius 2 is 2.20 bits per heavy atom. The fraction of sp³-hybridized carbons (Fsp3) is 0.357. The van der Waals surface area contributed by atoms with Crippen molar-refractivity contribution in [3.63, 3.8) is 0 Å². The van der Waals surface area contributed by atoms with Gasteiger partial charge in [0, 0.05) is 40.9 Å². The Bertz CT molecular complexity index is 527. The number of aliphatic carboxylic acids is 1. The van der Waals surface area contributed by atoms with Crippen molar-refractivity contribution in [3.05, 3.63) is 35.7 Å². The van der Waals surface area contributed by atoms with E-state index in [2.05, 4.69) is 10.3 Å². The first kappa shape index (κ1) is 16.2. The van der Waals surface area contributed by atoms with Gasteiger partial charge in [0.2, 0.25) is 0 Å². The first-order chi connectivity index (χ1) is 9.35. The second-order valence-electron chi connectivity index (χ2n) is 4.78. The predicted molar refractivity (Wildman–Crippen MR) is 80.8 cm³/mol. The topological polar surface area (TPSA) is 79.3 Å². The summed E-state index contributed by atoms with van der Waals surface area (Å²) in [5, 5.41) is 11.5. The van der Waals surface area contributed by atoms with Gasteiger partial charge in [-0.25, -0.2) is 4.79 Å². The molecule has 0 aliphatic rings. The maximum Gasteiger partial charge on any atom is 0.328 e. The zero-order valence-corrected chi connectivity index (χ0v) is 12.5. The standard InChI is InChI=1S/C14H18N2O3S/c1-14(2,20-3)9-16-13(19)11-6-7-15-8-10(11)4-5-12(17)18/h4-8H,9H2,1-3H3,(H,16,19)(H,17,18)/b5-4+. The van der Waals surface area contributed by atoms with E-state index in [1.807, 2.05) is 20.1 Å². The summed E-state index contributed by atoms with van der Waals surface area (Å²) in [5.74, 6) is -1.30. The molecule has 0 unspecified atom stereocenters. The van der Waals surface area contributed by atoms with Crippen LogP contribution in [0.3, 0.4) is 0 Å². The molecule has 0 bridgehead atoms. The zero-order chi connectivity index (χ0) is 15.2. The number of carbonyl (C=O) groups is 2. The predicted octanol–water partition coefficient (Wildman–Crippen LogP) is 2.05. The normalized spacial score (nSPS) is 11.6. The summed E-state index contributed by atoms with van der Waals surface area (Å²) in [4.78, 5) is 26.6. The minimum Gasteiger partial charge on any atom is -0.478 e. The van der Waals surface area contributed by atoms with Gasteiger partial charge >= 0.3 is 5.97 Å². The lowest BCUT2D eigenvalue weighted by atomic mass is 10.1. The Balaban J connectivity index is 2.85. The largest absolute Gasteiger partial charge is 0.478 e. The van der Waals surface area contributed by atoms with Crippen LogP contribution in [-0.2, 0) is 4.79 Å². The highest BCUT2D eigenvalue weighted by atomic mass is 32.2. The van der Waals surface area contributed by atoms with E-state index in [9.17, 15) is 9.59 Å². The van der Waals surface area contributed by atoms with E-state index >= 15 is 0 Å². The van der Waals surface area contributed by atoms with E-state index in [-0.39, 0.29) is 10.7 Å². The fourth-order valence-electron chi connectivity index (χ4n) is 1.37. The molecule has 0 saturated carbocycles. The molecule has 1 amide bonds. The molecule has 5 nitrogen and oxygen atoms in total. The van der Waals surface area contributed by atoms with Crippen molar-refractivity contribution in [2.75, 3.05) is 12.8 Å². The first-order valence-electron chi connectivity index (χ1n) is 6.04. The van der Waals surface area contributed by atoms with Gasteiger partial charge in [0.15, 0.2) is 0 Å². The first-order valence-corrected chi connectivity index (χ1v) is 7.26. The number of aromatic nitrogens is 1. The van der Waals surface area contributed by atoms with Crippen LogP contribution in [0.1, 0.15) is 29.8 Å². The number of carboxylic acid groups (broad SMARTS) is 1. The molecule has 20 heavy (non-hydrogen) atoms. The molecule has 6 heteroatoms. The van der Waals surface area contributed by atoms with Gasteiger partial charge in [0.1, 0.15) is 0 Å². The lowest BCUT2D eigenvalue weighted by Crippen LogP contribution is -2.36. The number of carbonyl (C=O) groups excluding carboxylic acids is 1. The van der Waals surface area contributed by atoms with Crippen LogP contribution < -0.4 is 5.32 Å². The van der Waals surface area contributed by atoms with Crippen LogP contribution in [-0.4, -0.2) is 39.5 Å². The molecule has 0 saturated heterocycles. The van der Waals surface area contributed by atoms with E-state index < -0.39 is 5.97 Å². The molecule has 1 aromatic rings. The molecule has 1 heterocycles. The van der Waals surface area contributed by atoms with Gasteiger partial charge in [-0.15, -0.1) is 0 Å². The van der Waals surface area contributed by atoms with Crippen LogP contribution in [0.4, 0.5) is 0 Å². The molecule has 108 valence electrons. The number of nitrogens with one attached hydrogen (secondary N) is 1. The number of carboxylic acids is 1. The van der Waals surface area contributed by atoms with Gasteiger partial charge < -0.3 is 10.4 Å². The van der Waals surface area contributed by atoms with E-state index in [0.717, 1.165) is 6.08 Å². The highest BCUT2D eigenvalue weighted by Gasteiger charge is 2.18. The van der Waals surface area contributed by atoms with E-state index in [1.165, 1.54) is 18.5 Å². The van der Waals surface area contributed by atoms with Gasteiger partial charge in [-0.05, 0) is 32.2 Å². The van der Waals surface area contributed by atoms with Crippen LogP contribution in [0.15, 0.2) is 24.5 Å². The Kier molecular flexibility index (Phi) is 5.76. The minimum absolute atomic E-state index is 0.0558. The number of amides is 1. The van der Waals surface area contributed by atoms with Crippen molar-refractivity contribution >= 4 is 29.7 Å². The Morgan fingerprint density at radius 1 is 1.50 bits per heavy atom. The molecule has 0 aromatic carbocycles. The zero-order valence-electron chi connectivity index (χ0n) is 11.7. The third-order valence-electron chi connectivity index (χ3n) is 2.73. The quantitative estimate of drug-likeness (QED) is 0.785. The minimum atomic E-state index is -1.07. The Labute approximate surface area is 122 Å². The number of rotatable bonds is 6. The average molecular weight is 294 g/mol. The highest BCUT2D eigenvalue weighted by Crippen LogP contribution is 2.20. The lowest BCUT2D eigenvalue weighted by Gasteiger charge is -2.22. The van der Waals surface area contributed by atoms with Crippen molar-refractivity contribution in [1.82, 2.24) is 10.3 Å². The second-order valence-corrected chi connectivity index (χ2v) is 6.29. The third-order valence-corrected chi connectivity index (χ3v) is 3.98. The SMILES string of the molecule is CSC(C)(C)CNC(=O)c1ccncc1/C=C/C(=O)O. The number of nitrogens with zero attached hydrogens (tertiary/aromatic N) is 1. The van der Waals surface area contributed by atoms with Crippen LogP contribution in [0, 0.1) is 0 Å². The second kappa shape index (κ2) is 7.09. The molecule has 0 aliphatic heterocycles. The molecule has 0 aliphatic carbocycles. The van der Waals surface area contributed by atoms with Gasteiger partial charge in [-0.2, -0.15) is 11.8 Å². The maximum atomic E-state index is 12.1. The molecule has 0 fully saturated rings. The summed E-state index contributed by atoms with van der Waals surface area (Å²) in [6.07, 6.45) is 7.31. The van der Waals surface area contributed by atoms with Crippen molar-refractivity contribution in [1.29, 1.82) is 0 Å². The average Bonchev–Trinajstić information content (AvgIpc) is 2.43. The number of pyridine rings is 1. The van der Waals surface area contributed by atoms with Crippen LogP contribution in [0.5, 0.6) is 0 Å². The van der Waals surface area contributed by atoms with Crippen LogP contribution in [0.2, 0.25) is 0 Å². The third kappa shape index (κ3) is 5.05. The number of thioether (sulfide) groups is 1. The summed E-state index contributed by atoms with van der Waals surface area (Å²) in [6.45, 7) is 4.60.